The van der Waals surface area contributed by atoms with E-state index in [-0.39, 0.29) is 0 Å². The van der Waals surface area contributed by atoms with Gasteiger partial charge in [-0.3, -0.25) is 0 Å². The summed E-state index contributed by atoms with van der Waals surface area (Å²) in [5.74, 6) is 0. The van der Waals surface area contributed by atoms with Gasteiger partial charge in [0.2, 0.25) is 0 Å². The molecular weight excluding hydrogens is 314 g/mol. The van der Waals surface area contributed by atoms with E-state index in [1.54, 1.807) is 0 Å². The molecule has 1 N–H and O–H groups in total. The van der Waals surface area contributed by atoms with Gasteiger partial charge in [0.1, 0.15) is 0 Å². The topological polar surface area (TPSA) is 21.3 Å². The summed E-state index contributed by atoms with van der Waals surface area (Å²) in [5.41, 5.74) is 1.09. The molecule has 0 aliphatic carbocycles. The summed E-state index contributed by atoms with van der Waals surface area (Å²) >= 11 is 9.50. The molecule has 4 heteroatoms. The van der Waals surface area contributed by atoms with Crippen molar-refractivity contribution in [2.24, 2.45) is 0 Å². The summed E-state index contributed by atoms with van der Waals surface area (Å²) in [6, 6.07) is 6.50. The number of benzene rings is 1. The summed E-state index contributed by atoms with van der Waals surface area (Å²) in [4.78, 5) is 0. The lowest BCUT2D eigenvalue weighted by Crippen LogP contribution is -2.33. The first kappa shape index (κ1) is 14.2. The van der Waals surface area contributed by atoms with E-state index in [2.05, 4.69) is 34.2 Å². The van der Waals surface area contributed by atoms with E-state index in [9.17, 15) is 0 Å². The fourth-order valence-electron chi connectivity index (χ4n) is 2.36. The third-order valence-corrected chi connectivity index (χ3v) is 4.50. The standard InChI is InChI=1S/C14H19BrClNO/c1-2-3-12-8-11(6-7-18-12)17-10-4-5-13(15)14(16)9-10/h4-5,9,11-12,17H,2-3,6-8H2,1H3. The SMILES string of the molecule is CCCC1CC(Nc2ccc(Br)c(Cl)c2)CCO1. The first-order chi connectivity index (χ1) is 8.69. The Balaban J connectivity index is 1.93. The van der Waals surface area contributed by atoms with Crippen LogP contribution in [-0.2, 0) is 4.74 Å². The predicted octanol–water partition coefficient (Wildman–Crippen LogP) is 4.86. The molecule has 1 aliphatic heterocycles. The summed E-state index contributed by atoms with van der Waals surface area (Å²) in [7, 11) is 0. The number of halogens is 2. The van der Waals surface area contributed by atoms with E-state index in [0.29, 0.717) is 12.1 Å². The molecule has 0 spiro atoms. The Hall–Kier alpha value is -0.250. The molecule has 0 saturated carbocycles. The molecule has 2 unspecified atom stereocenters. The maximum absolute atomic E-state index is 6.10. The lowest BCUT2D eigenvalue weighted by atomic mass is 10.00. The molecular formula is C14H19BrClNO. The van der Waals surface area contributed by atoms with E-state index in [1.165, 1.54) is 6.42 Å². The molecule has 0 radical (unpaired) electrons. The zero-order chi connectivity index (χ0) is 13.0. The van der Waals surface area contributed by atoms with Crippen molar-refractivity contribution in [2.75, 3.05) is 11.9 Å². The zero-order valence-electron chi connectivity index (χ0n) is 10.6. The summed E-state index contributed by atoms with van der Waals surface area (Å²) < 4.78 is 6.69. The molecule has 18 heavy (non-hydrogen) atoms. The van der Waals surface area contributed by atoms with Gasteiger partial charge in [0.05, 0.1) is 11.1 Å². The number of hydrogen-bond acceptors (Lipinski definition) is 2. The van der Waals surface area contributed by atoms with Gasteiger partial charge in [0.25, 0.3) is 0 Å². The van der Waals surface area contributed by atoms with Crippen LogP contribution >= 0.6 is 27.5 Å². The van der Waals surface area contributed by atoms with Gasteiger partial charge < -0.3 is 10.1 Å². The second-order valence-electron chi connectivity index (χ2n) is 4.78. The molecule has 2 nitrogen and oxygen atoms in total. The van der Waals surface area contributed by atoms with Crippen LogP contribution in [0.4, 0.5) is 5.69 Å². The zero-order valence-corrected chi connectivity index (χ0v) is 12.9. The molecule has 0 amide bonds. The minimum Gasteiger partial charge on any atom is -0.382 e. The normalized spacial score (nSPS) is 23.9. The minimum atomic E-state index is 0.409. The van der Waals surface area contributed by atoms with Crippen LogP contribution in [0.25, 0.3) is 0 Å². The highest BCUT2D eigenvalue weighted by molar-refractivity contribution is 9.10. The number of nitrogens with one attached hydrogen (secondary N) is 1. The number of ether oxygens (including phenoxy) is 1. The molecule has 1 aromatic rings. The Morgan fingerprint density at radius 2 is 2.33 bits per heavy atom. The van der Waals surface area contributed by atoms with E-state index < -0.39 is 0 Å². The highest BCUT2D eigenvalue weighted by atomic mass is 79.9. The van der Waals surface area contributed by atoms with Crippen LogP contribution in [0.3, 0.4) is 0 Å². The molecule has 100 valence electrons. The second kappa shape index (κ2) is 6.78. The first-order valence-corrected chi connectivity index (χ1v) is 7.69. The largest absolute Gasteiger partial charge is 0.382 e. The van der Waals surface area contributed by atoms with Crippen LogP contribution in [-0.4, -0.2) is 18.8 Å². The fourth-order valence-corrected chi connectivity index (χ4v) is 2.78. The predicted molar refractivity (Wildman–Crippen MR) is 80.4 cm³/mol. The Morgan fingerprint density at radius 1 is 1.50 bits per heavy atom. The van der Waals surface area contributed by atoms with E-state index in [0.717, 1.165) is 41.1 Å². The second-order valence-corrected chi connectivity index (χ2v) is 6.04. The van der Waals surface area contributed by atoms with Crippen LogP contribution in [0, 0.1) is 0 Å². The Bertz CT molecular complexity index is 397. The van der Waals surface area contributed by atoms with Crippen LogP contribution in [0.2, 0.25) is 5.02 Å². The summed E-state index contributed by atoms with van der Waals surface area (Å²) in [6.45, 7) is 3.06. The summed E-state index contributed by atoms with van der Waals surface area (Å²) in [5, 5.41) is 4.30. The van der Waals surface area contributed by atoms with Crippen LogP contribution in [0.1, 0.15) is 32.6 Å². The average Bonchev–Trinajstić information content (AvgIpc) is 2.35. The maximum atomic E-state index is 6.10. The average molecular weight is 333 g/mol. The maximum Gasteiger partial charge on any atom is 0.0594 e. The van der Waals surface area contributed by atoms with Crippen molar-refractivity contribution in [3.05, 3.63) is 27.7 Å². The molecule has 2 atom stereocenters. The number of rotatable bonds is 4. The van der Waals surface area contributed by atoms with Crippen molar-refractivity contribution >= 4 is 33.2 Å². The van der Waals surface area contributed by atoms with Crippen molar-refractivity contribution in [3.8, 4) is 0 Å². The highest BCUT2D eigenvalue weighted by Gasteiger charge is 2.21. The van der Waals surface area contributed by atoms with Crippen molar-refractivity contribution in [1.29, 1.82) is 0 Å². The molecule has 1 saturated heterocycles. The third kappa shape index (κ3) is 3.87. The Morgan fingerprint density at radius 3 is 3.06 bits per heavy atom. The van der Waals surface area contributed by atoms with Crippen molar-refractivity contribution in [3.63, 3.8) is 0 Å². The van der Waals surface area contributed by atoms with Gasteiger partial charge in [0, 0.05) is 22.8 Å². The molecule has 1 heterocycles. The molecule has 2 rings (SSSR count). The Labute approximate surface area is 122 Å². The van der Waals surface area contributed by atoms with Gasteiger partial charge in [-0.2, -0.15) is 0 Å². The number of anilines is 1. The van der Waals surface area contributed by atoms with Gasteiger partial charge in [-0.15, -0.1) is 0 Å². The van der Waals surface area contributed by atoms with E-state index in [1.807, 2.05) is 12.1 Å². The fraction of sp³-hybridized carbons (Fsp3) is 0.571. The van der Waals surface area contributed by atoms with Crippen LogP contribution in [0.15, 0.2) is 22.7 Å². The Kier molecular flexibility index (Phi) is 5.34. The molecule has 0 bridgehead atoms. The van der Waals surface area contributed by atoms with Crippen LogP contribution < -0.4 is 5.32 Å². The first-order valence-electron chi connectivity index (χ1n) is 6.52. The molecule has 1 fully saturated rings. The minimum absolute atomic E-state index is 0.409. The highest BCUT2D eigenvalue weighted by Crippen LogP contribution is 2.27. The van der Waals surface area contributed by atoms with Crippen molar-refractivity contribution in [2.45, 2.75) is 44.8 Å². The smallest absolute Gasteiger partial charge is 0.0594 e. The van der Waals surface area contributed by atoms with Crippen molar-refractivity contribution < 1.29 is 4.74 Å². The van der Waals surface area contributed by atoms with E-state index in [4.69, 9.17) is 16.3 Å². The van der Waals surface area contributed by atoms with Crippen LogP contribution in [0.5, 0.6) is 0 Å². The molecule has 0 aromatic heterocycles. The van der Waals surface area contributed by atoms with E-state index >= 15 is 0 Å². The lowest BCUT2D eigenvalue weighted by Gasteiger charge is -2.30. The monoisotopic (exact) mass is 331 g/mol. The molecule has 1 aliphatic rings. The van der Waals surface area contributed by atoms with Crippen molar-refractivity contribution in [1.82, 2.24) is 0 Å². The van der Waals surface area contributed by atoms with Gasteiger partial charge in [0.15, 0.2) is 0 Å². The third-order valence-electron chi connectivity index (χ3n) is 3.27. The molecule has 1 aromatic carbocycles. The lowest BCUT2D eigenvalue weighted by molar-refractivity contribution is 0.00598. The van der Waals surface area contributed by atoms with Gasteiger partial charge in [-0.1, -0.05) is 24.9 Å². The number of hydrogen-bond donors (Lipinski definition) is 1. The van der Waals surface area contributed by atoms with Gasteiger partial charge >= 0.3 is 0 Å². The van der Waals surface area contributed by atoms with Gasteiger partial charge in [-0.25, -0.2) is 0 Å². The summed E-state index contributed by atoms with van der Waals surface area (Å²) in [6.07, 6.45) is 4.89. The van der Waals surface area contributed by atoms with Gasteiger partial charge in [-0.05, 0) is 53.4 Å². The quantitative estimate of drug-likeness (QED) is 0.850.